The van der Waals surface area contributed by atoms with Gasteiger partial charge in [0.1, 0.15) is 12.4 Å². The minimum Gasteiger partial charge on any atom is -0.488 e. The molecule has 1 aliphatic rings. The summed E-state index contributed by atoms with van der Waals surface area (Å²) >= 11 is 6.12. The Labute approximate surface area is 115 Å². The molecule has 94 valence electrons. The zero-order chi connectivity index (χ0) is 13.4. The topological polar surface area (TPSA) is 53.2 Å². The summed E-state index contributed by atoms with van der Waals surface area (Å²) in [5.41, 5.74) is 4.15. The van der Waals surface area contributed by atoms with Crippen LogP contribution in [0.3, 0.4) is 0 Å². The molecular formula is C15H10ClNO2. The Morgan fingerprint density at radius 3 is 2.84 bits per heavy atom. The van der Waals surface area contributed by atoms with E-state index in [2.05, 4.69) is 6.07 Å². The zero-order valence-corrected chi connectivity index (χ0v) is 10.7. The van der Waals surface area contributed by atoms with Gasteiger partial charge in [-0.15, -0.1) is 0 Å². The van der Waals surface area contributed by atoms with Crippen LogP contribution in [0.15, 0.2) is 30.3 Å². The maximum absolute atomic E-state index is 9.21. The predicted octanol–water partition coefficient (Wildman–Crippen LogP) is 3.26. The van der Waals surface area contributed by atoms with Crippen molar-refractivity contribution in [2.75, 3.05) is 0 Å². The van der Waals surface area contributed by atoms with Gasteiger partial charge in [-0.2, -0.15) is 5.26 Å². The molecule has 19 heavy (non-hydrogen) atoms. The van der Waals surface area contributed by atoms with Crippen LogP contribution in [0.5, 0.6) is 5.75 Å². The number of aliphatic hydroxyl groups is 1. The Bertz CT molecular complexity index is 704. The number of benzene rings is 2. The third kappa shape index (κ3) is 1.95. The minimum absolute atomic E-state index is 0.115. The number of hydrogen-bond donors (Lipinski definition) is 1. The highest BCUT2D eigenvalue weighted by Crippen LogP contribution is 2.40. The van der Waals surface area contributed by atoms with Crippen LogP contribution in [0.1, 0.15) is 16.7 Å². The average molecular weight is 272 g/mol. The lowest BCUT2D eigenvalue weighted by Gasteiger charge is -2.22. The first-order chi connectivity index (χ1) is 9.22. The Morgan fingerprint density at radius 1 is 1.26 bits per heavy atom. The number of fused-ring (bicyclic) bond motifs is 3. The maximum Gasteiger partial charge on any atom is 0.128 e. The van der Waals surface area contributed by atoms with E-state index < -0.39 is 0 Å². The molecular weight excluding hydrogens is 262 g/mol. The highest BCUT2D eigenvalue weighted by molar-refractivity contribution is 6.31. The average Bonchev–Trinajstić information content (AvgIpc) is 2.45. The fourth-order valence-corrected chi connectivity index (χ4v) is 2.47. The van der Waals surface area contributed by atoms with Gasteiger partial charge in [0.15, 0.2) is 0 Å². The first kappa shape index (κ1) is 12.0. The number of nitrogens with zero attached hydrogens (tertiary/aromatic N) is 1. The standard InChI is InChI=1S/C15H10ClNO2/c16-14-5-13-12-2-1-9(6-17)3-11(12)8-19-15(13)4-10(14)7-18/h1-5,18H,7-8H2. The van der Waals surface area contributed by atoms with E-state index in [0.717, 1.165) is 16.7 Å². The molecule has 3 rings (SSSR count). The van der Waals surface area contributed by atoms with Crippen LogP contribution < -0.4 is 4.74 Å². The largest absolute Gasteiger partial charge is 0.488 e. The molecule has 1 N–H and O–H groups in total. The number of aliphatic hydroxyl groups excluding tert-OH is 1. The molecule has 0 aliphatic carbocycles. The lowest BCUT2D eigenvalue weighted by Crippen LogP contribution is -2.06. The summed E-state index contributed by atoms with van der Waals surface area (Å²) in [6.45, 7) is 0.306. The Morgan fingerprint density at radius 2 is 2.11 bits per heavy atom. The lowest BCUT2D eigenvalue weighted by molar-refractivity contribution is 0.277. The van der Waals surface area contributed by atoms with Crippen molar-refractivity contribution < 1.29 is 9.84 Å². The summed E-state index contributed by atoms with van der Waals surface area (Å²) < 4.78 is 5.67. The second-order valence-electron chi connectivity index (χ2n) is 4.37. The molecule has 2 aromatic carbocycles. The van der Waals surface area contributed by atoms with Crippen molar-refractivity contribution in [3.05, 3.63) is 52.0 Å². The van der Waals surface area contributed by atoms with Crippen molar-refractivity contribution in [1.82, 2.24) is 0 Å². The highest BCUT2D eigenvalue weighted by Gasteiger charge is 2.19. The molecule has 0 amide bonds. The van der Waals surface area contributed by atoms with Gasteiger partial charge in [-0.05, 0) is 41.0 Å². The van der Waals surface area contributed by atoms with Crippen LogP contribution in [0, 0.1) is 11.3 Å². The third-order valence-corrected chi connectivity index (χ3v) is 3.58. The fraction of sp³-hybridized carbons (Fsp3) is 0.133. The number of halogens is 1. The van der Waals surface area contributed by atoms with Crippen molar-refractivity contribution in [2.45, 2.75) is 13.2 Å². The maximum atomic E-state index is 9.21. The summed E-state index contributed by atoms with van der Waals surface area (Å²) in [6.07, 6.45) is 0. The van der Waals surface area contributed by atoms with Gasteiger partial charge in [0.25, 0.3) is 0 Å². The summed E-state index contributed by atoms with van der Waals surface area (Å²) in [4.78, 5) is 0. The van der Waals surface area contributed by atoms with E-state index in [4.69, 9.17) is 21.6 Å². The summed E-state index contributed by atoms with van der Waals surface area (Å²) in [7, 11) is 0. The van der Waals surface area contributed by atoms with E-state index in [0.29, 0.717) is 28.5 Å². The minimum atomic E-state index is -0.115. The van der Waals surface area contributed by atoms with E-state index >= 15 is 0 Å². The first-order valence-electron chi connectivity index (χ1n) is 5.82. The molecule has 0 saturated carbocycles. The Kier molecular flexibility index (Phi) is 2.90. The van der Waals surface area contributed by atoms with Gasteiger partial charge in [0.2, 0.25) is 0 Å². The normalized spacial score (nSPS) is 12.1. The summed E-state index contributed by atoms with van der Waals surface area (Å²) in [5, 5.41) is 18.6. The first-order valence-corrected chi connectivity index (χ1v) is 6.20. The van der Waals surface area contributed by atoms with E-state index in [1.807, 2.05) is 12.1 Å². The van der Waals surface area contributed by atoms with Gasteiger partial charge >= 0.3 is 0 Å². The van der Waals surface area contributed by atoms with Crippen molar-refractivity contribution in [3.8, 4) is 22.9 Å². The molecule has 0 spiro atoms. The molecule has 2 aromatic rings. The van der Waals surface area contributed by atoms with E-state index in [1.165, 1.54) is 0 Å². The van der Waals surface area contributed by atoms with E-state index in [-0.39, 0.29) is 6.61 Å². The molecule has 1 heterocycles. The van der Waals surface area contributed by atoms with Gasteiger partial charge in [0, 0.05) is 10.6 Å². The second kappa shape index (κ2) is 4.58. The smallest absolute Gasteiger partial charge is 0.128 e. The molecule has 3 nitrogen and oxygen atoms in total. The number of rotatable bonds is 1. The fourth-order valence-electron chi connectivity index (χ4n) is 2.25. The summed E-state index contributed by atoms with van der Waals surface area (Å²) in [5.74, 6) is 0.714. The van der Waals surface area contributed by atoms with Crippen molar-refractivity contribution in [2.24, 2.45) is 0 Å². The van der Waals surface area contributed by atoms with Crippen LogP contribution in [0.2, 0.25) is 5.02 Å². The number of nitriles is 1. The van der Waals surface area contributed by atoms with Crippen LogP contribution in [0.4, 0.5) is 0 Å². The van der Waals surface area contributed by atoms with Crippen LogP contribution in [-0.4, -0.2) is 5.11 Å². The van der Waals surface area contributed by atoms with Crippen molar-refractivity contribution in [1.29, 1.82) is 5.26 Å². The van der Waals surface area contributed by atoms with Crippen LogP contribution in [0.25, 0.3) is 11.1 Å². The molecule has 0 fully saturated rings. The van der Waals surface area contributed by atoms with Crippen molar-refractivity contribution in [3.63, 3.8) is 0 Å². The quantitative estimate of drug-likeness (QED) is 0.866. The van der Waals surface area contributed by atoms with Crippen LogP contribution >= 0.6 is 11.6 Å². The molecule has 0 atom stereocenters. The zero-order valence-electron chi connectivity index (χ0n) is 9.98. The predicted molar refractivity (Wildman–Crippen MR) is 71.9 cm³/mol. The van der Waals surface area contributed by atoms with Gasteiger partial charge in [-0.25, -0.2) is 0 Å². The molecule has 1 aliphatic heterocycles. The van der Waals surface area contributed by atoms with Crippen molar-refractivity contribution >= 4 is 11.6 Å². The monoisotopic (exact) mass is 271 g/mol. The third-order valence-electron chi connectivity index (χ3n) is 3.23. The van der Waals surface area contributed by atoms with E-state index in [1.54, 1.807) is 18.2 Å². The number of hydrogen-bond acceptors (Lipinski definition) is 3. The molecule has 0 saturated heterocycles. The molecule has 0 radical (unpaired) electrons. The van der Waals surface area contributed by atoms with Crippen LogP contribution in [-0.2, 0) is 13.2 Å². The Hall–Kier alpha value is -2.02. The summed E-state index contributed by atoms with van der Waals surface area (Å²) in [6, 6.07) is 11.2. The molecule has 0 unspecified atom stereocenters. The van der Waals surface area contributed by atoms with Gasteiger partial charge in [0.05, 0.1) is 18.2 Å². The molecule has 4 heteroatoms. The van der Waals surface area contributed by atoms with E-state index in [9.17, 15) is 5.11 Å². The van der Waals surface area contributed by atoms with Gasteiger partial charge < -0.3 is 9.84 Å². The molecule has 0 bridgehead atoms. The second-order valence-corrected chi connectivity index (χ2v) is 4.78. The molecule has 0 aromatic heterocycles. The van der Waals surface area contributed by atoms with Gasteiger partial charge in [-0.1, -0.05) is 17.7 Å². The SMILES string of the molecule is N#Cc1ccc2c(c1)COc1cc(CO)c(Cl)cc1-2. The lowest BCUT2D eigenvalue weighted by atomic mass is 9.94. The Balaban J connectivity index is 2.19. The number of ether oxygens (including phenoxy) is 1. The highest BCUT2D eigenvalue weighted by atomic mass is 35.5. The van der Waals surface area contributed by atoms with Gasteiger partial charge in [-0.3, -0.25) is 0 Å².